The van der Waals surface area contributed by atoms with Gasteiger partial charge in [0, 0.05) is 6.54 Å². The molecule has 0 radical (unpaired) electrons. The summed E-state index contributed by atoms with van der Waals surface area (Å²) in [7, 11) is 1.73. The van der Waals surface area contributed by atoms with E-state index in [2.05, 4.69) is 48.2 Å². The quantitative estimate of drug-likeness (QED) is 0.655. The minimum absolute atomic E-state index is 0. The van der Waals surface area contributed by atoms with E-state index < -0.39 is 0 Å². The van der Waals surface area contributed by atoms with E-state index in [9.17, 15) is 0 Å². The number of likely N-dealkylation sites (tertiary alicyclic amines) is 1. The van der Waals surface area contributed by atoms with Crippen LogP contribution >= 0.6 is 12.4 Å². The van der Waals surface area contributed by atoms with E-state index in [0.29, 0.717) is 0 Å². The number of benzene rings is 2. The van der Waals surface area contributed by atoms with Crippen molar-refractivity contribution in [2.75, 3.05) is 26.7 Å². The third-order valence-corrected chi connectivity index (χ3v) is 5.09. The molecule has 0 spiro atoms. The first-order valence-electron chi connectivity index (χ1n) is 9.04. The molecule has 0 unspecified atom stereocenters. The molecule has 1 saturated heterocycles. The summed E-state index contributed by atoms with van der Waals surface area (Å²) in [5, 5.41) is 2.66. The van der Waals surface area contributed by atoms with Crippen LogP contribution in [0.3, 0.4) is 0 Å². The van der Waals surface area contributed by atoms with Crippen LogP contribution in [0.15, 0.2) is 36.4 Å². The maximum absolute atomic E-state index is 5.33. The second-order valence-corrected chi connectivity index (χ2v) is 7.01. The molecule has 0 bridgehead atoms. The van der Waals surface area contributed by atoms with Gasteiger partial charge in [-0.3, -0.25) is 0 Å². The van der Waals surface area contributed by atoms with Crippen molar-refractivity contribution in [2.45, 2.75) is 39.0 Å². The molecule has 0 N–H and O–H groups in total. The van der Waals surface area contributed by atoms with Crippen LogP contribution in [-0.2, 0) is 6.42 Å². The van der Waals surface area contributed by atoms with Gasteiger partial charge in [-0.1, -0.05) is 31.2 Å². The lowest BCUT2D eigenvalue weighted by molar-refractivity contribution is 0.181. The third kappa shape index (κ3) is 4.87. The fourth-order valence-electron chi connectivity index (χ4n) is 3.81. The van der Waals surface area contributed by atoms with Crippen molar-refractivity contribution in [3.05, 3.63) is 42.0 Å². The Balaban J connectivity index is 0.00000208. The van der Waals surface area contributed by atoms with Crippen LogP contribution in [0.1, 0.15) is 38.2 Å². The number of unbranched alkanes of at least 4 members (excludes halogenated alkanes) is 1. The van der Waals surface area contributed by atoms with Crippen LogP contribution in [0.2, 0.25) is 0 Å². The van der Waals surface area contributed by atoms with Gasteiger partial charge < -0.3 is 9.64 Å². The Morgan fingerprint density at radius 2 is 2.04 bits per heavy atom. The van der Waals surface area contributed by atoms with Gasteiger partial charge in [0.15, 0.2) is 0 Å². The standard InChI is InChI=1S/C21H29NO.ClH/c1-17-7-6-14-22(16-17)13-4-3-8-18-9-5-10-19-15-20(23-2)11-12-21(18)19;/h5,9-12,15,17H,3-4,6-8,13-14,16H2,1-2H3;1H/t17-;/m1./s1. The van der Waals surface area contributed by atoms with Crippen LogP contribution in [0.4, 0.5) is 0 Å². The number of fused-ring (bicyclic) bond motifs is 1. The first-order valence-corrected chi connectivity index (χ1v) is 9.04. The molecule has 3 heteroatoms. The number of aryl methyl sites for hydroxylation is 1. The number of methoxy groups -OCH3 is 1. The van der Waals surface area contributed by atoms with Crippen molar-refractivity contribution in [2.24, 2.45) is 5.92 Å². The van der Waals surface area contributed by atoms with Crippen LogP contribution in [-0.4, -0.2) is 31.6 Å². The van der Waals surface area contributed by atoms with Crippen molar-refractivity contribution in [1.82, 2.24) is 4.90 Å². The number of rotatable bonds is 6. The lowest BCUT2D eigenvalue weighted by Crippen LogP contribution is -2.34. The number of nitrogens with zero attached hydrogens (tertiary/aromatic N) is 1. The molecule has 24 heavy (non-hydrogen) atoms. The number of hydrogen-bond donors (Lipinski definition) is 0. The van der Waals surface area contributed by atoms with Crippen molar-refractivity contribution in [1.29, 1.82) is 0 Å². The lowest BCUT2D eigenvalue weighted by Gasteiger charge is -2.30. The third-order valence-electron chi connectivity index (χ3n) is 5.09. The van der Waals surface area contributed by atoms with Gasteiger partial charge in [-0.05, 0) is 79.6 Å². The molecular weight excluding hydrogens is 318 g/mol. The Labute approximate surface area is 152 Å². The van der Waals surface area contributed by atoms with Gasteiger partial charge in [-0.2, -0.15) is 0 Å². The number of piperidine rings is 1. The smallest absolute Gasteiger partial charge is 0.119 e. The molecule has 1 heterocycles. The van der Waals surface area contributed by atoms with E-state index in [-0.39, 0.29) is 12.4 Å². The molecule has 1 aliphatic heterocycles. The number of ether oxygens (including phenoxy) is 1. The number of hydrogen-bond acceptors (Lipinski definition) is 2. The molecule has 2 aromatic rings. The first-order chi connectivity index (χ1) is 11.3. The van der Waals surface area contributed by atoms with Crippen molar-refractivity contribution >= 4 is 23.2 Å². The molecule has 2 nitrogen and oxygen atoms in total. The zero-order valence-electron chi connectivity index (χ0n) is 15.0. The average molecular weight is 348 g/mol. The lowest BCUT2D eigenvalue weighted by atomic mass is 9.98. The molecule has 2 aromatic carbocycles. The highest BCUT2D eigenvalue weighted by atomic mass is 35.5. The normalized spacial score (nSPS) is 18.3. The molecule has 0 aliphatic carbocycles. The van der Waals surface area contributed by atoms with Gasteiger partial charge in [-0.25, -0.2) is 0 Å². The highest BCUT2D eigenvalue weighted by molar-refractivity contribution is 5.87. The fraction of sp³-hybridized carbons (Fsp3) is 0.524. The van der Waals surface area contributed by atoms with E-state index in [1.54, 1.807) is 7.11 Å². The van der Waals surface area contributed by atoms with Gasteiger partial charge in [0.05, 0.1) is 7.11 Å². The zero-order valence-corrected chi connectivity index (χ0v) is 15.8. The summed E-state index contributed by atoms with van der Waals surface area (Å²) in [5.74, 6) is 1.82. The Morgan fingerprint density at radius 1 is 1.17 bits per heavy atom. The monoisotopic (exact) mass is 347 g/mol. The molecule has 1 atom stereocenters. The van der Waals surface area contributed by atoms with Crippen LogP contribution in [0, 0.1) is 5.92 Å². The molecule has 1 aliphatic rings. The molecule has 0 saturated carbocycles. The maximum atomic E-state index is 5.33. The zero-order chi connectivity index (χ0) is 16.1. The molecule has 0 aromatic heterocycles. The van der Waals surface area contributed by atoms with Gasteiger partial charge >= 0.3 is 0 Å². The molecule has 3 rings (SSSR count). The van der Waals surface area contributed by atoms with E-state index >= 15 is 0 Å². The summed E-state index contributed by atoms with van der Waals surface area (Å²) in [4.78, 5) is 2.65. The van der Waals surface area contributed by atoms with E-state index in [1.165, 1.54) is 68.1 Å². The predicted octanol–water partition coefficient (Wildman–Crippen LogP) is 5.32. The van der Waals surface area contributed by atoms with Crippen molar-refractivity contribution < 1.29 is 4.74 Å². The summed E-state index contributed by atoms with van der Waals surface area (Å²) < 4.78 is 5.33. The Morgan fingerprint density at radius 3 is 2.83 bits per heavy atom. The summed E-state index contributed by atoms with van der Waals surface area (Å²) in [6.07, 6.45) is 6.55. The van der Waals surface area contributed by atoms with E-state index in [0.717, 1.165) is 11.7 Å². The summed E-state index contributed by atoms with van der Waals surface area (Å²) in [6.45, 7) is 6.26. The minimum atomic E-state index is 0. The average Bonchev–Trinajstić information content (AvgIpc) is 2.58. The fourth-order valence-corrected chi connectivity index (χ4v) is 3.81. The van der Waals surface area contributed by atoms with Gasteiger partial charge in [-0.15, -0.1) is 12.4 Å². The van der Waals surface area contributed by atoms with Crippen LogP contribution < -0.4 is 4.74 Å². The summed E-state index contributed by atoms with van der Waals surface area (Å²) in [6, 6.07) is 13.0. The largest absolute Gasteiger partial charge is 0.497 e. The highest BCUT2D eigenvalue weighted by Crippen LogP contribution is 2.25. The van der Waals surface area contributed by atoms with Gasteiger partial charge in [0.2, 0.25) is 0 Å². The van der Waals surface area contributed by atoms with E-state index in [1.807, 2.05) is 0 Å². The topological polar surface area (TPSA) is 12.5 Å². The Hall–Kier alpha value is -1.25. The molecule has 1 fully saturated rings. The van der Waals surface area contributed by atoms with E-state index in [4.69, 9.17) is 4.74 Å². The molecular formula is C21H30ClNO. The minimum Gasteiger partial charge on any atom is -0.497 e. The van der Waals surface area contributed by atoms with Gasteiger partial charge in [0.25, 0.3) is 0 Å². The highest BCUT2D eigenvalue weighted by Gasteiger charge is 2.15. The predicted molar refractivity (Wildman–Crippen MR) is 106 cm³/mol. The van der Waals surface area contributed by atoms with Crippen LogP contribution in [0.25, 0.3) is 10.8 Å². The van der Waals surface area contributed by atoms with Crippen molar-refractivity contribution in [3.63, 3.8) is 0 Å². The SMILES string of the molecule is COc1ccc2c(CCCCN3CCC[C@@H](C)C3)cccc2c1.Cl. The van der Waals surface area contributed by atoms with Gasteiger partial charge in [0.1, 0.15) is 5.75 Å². The molecule has 0 amide bonds. The Bertz CT molecular complexity index is 643. The molecule has 132 valence electrons. The number of halogens is 1. The Kier molecular flexibility index (Phi) is 7.39. The second kappa shape index (κ2) is 9.29. The maximum Gasteiger partial charge on any atom is 0.119 e. The summed E-state index contributed by atoms with van der Waals surface area (Å²) >= 11 is 0. The first kappa shape index (κ1) is 19.1. The van der Waals surface area contributed by atoms with Crippen molar-refractivity contribution in [3.8, 4) is 5.75 Å². The summed E-state index contributed by atoms with van der Waals surface area (Å²) in [5.41, 5.74) is 1.47. The second-order valence-electron chi connectivity index (χ2n) is 7.01. The van der Waals surface area contributed by atoms with Crippen LogP contribution in [0.5, 0.6) is 5.75 Å².